The number of rotatable bonds is 3. The molecular weight excluding hydrogens is 332 g/mol. The maximum Gasteiger partial charge on any atom is 0.187 e. The third-order valence-electron chi connectivity index (χ3n) is 4.54. The van der Waals surface area contributed by atoms with E-state index in [2.05, 4.69) is 40.6 Å². The van der Waals surface area contributed by atoms with Crippen LogP contribution in [-0.2, 0) is 0 Å². The van der Waals surface area contributed by atoms with E-state index < -0.39 is 0 Å². The van der Waals surface area contributed by atoms with Crippen LogP contribution >= 0.6 is 0 Å². The zero-order valence-corrected chi connectivity index (χ0v) is 14.5. The molecule has 0 saturated heterocycles. The van der Waals surface area contributed by atoms with Crippen LogP contribution in [0.1, 0.15) is 0 Å². The van der Waals surface area contributed by atoms with E-state index >= 15 is 0 Å². The molecule has 128 valence electrons. The van der Waals surface area contributed by atoms with Crippen LogP contribution in [0.2, 0.25) is 0 Å². The lowest BCUT2D eigenvalue weighted by Gasteiger charge is -2.02. The molecule has 4 heteroatoms. The second-order valence-electron chi connectivity index (χ2n) is 6.31. The highest BCUT2D eigenvalue weighted by atomic mass is 15.2. The maximum atomic E-state index is 4.81. The molecule has 0 radical (unpaired) electrons. The fraction of sp³-hybridized carbons (Fsp3) is 0. The first kappa shape index (κ1) is 15.5. The summed E-state index contributed by atoms with van der Waals surface area (Å²) in [5.74, 6) is 0.727. The highest BCUT2D eigenvalue weighted by Gasteiger charge is 2.14. The summed E-state index contributed by atoms with van der Waals surface area (Å²) in [6.07, 6.45) is 1.96. The topological polar surface area (TPSA) is 42.0 Å². The number of pyridine rings is 1. The first-order valence-electron chi connectivity index (χ1n) is 8.81. The highest BCUT2D eigenvalue weighted by molar-refractivity contribution is 5.88. The molecule has 0 amide bonds. The smallest absolute Gasteiger partial charge is 0.187 e. The zero-order valence-electron chi connectivity index (χ0n) is 14.5. The number of azo groups is 1. The molecule has 0 unspecified atom stereocenters. The monoisotopic (exact) mass is 348 g/mol. The van der Waals surface area contributed by atoms with Crippen LogP contribution in [0.25, 0.3) is 27.7 Å². The summed E-state index contributed by atoms with van der Waals surface area (Å²) in [4.78, 5) is 4.81. The van der Waals surface area contributed by atoms with Crippen molar-refractivity contribution in [3.63, 3.8) is 0 Å². The SMILES string of the molecule is c1ccc(N=Nc2c(-c3ccc4ccccc4c3)nc3ccccn23)cc1. The predicted molar refractivity (Wildman–Crippen MR) is 109 cm³/mol. The summed E-state index contributed by atoms with van der Waals surface area (Å²) in [5, 5.41) is 11.3. The Labute approximate surface area is 156 Å². The first-order valence-corrected chi connectivity index (χ1v) is 8.81. The molecule has 0 aliphatic heterocycles. The molecule has 2 aromatic heterocycles. The van der Waals surface area contributed by atoms with Crippen molar-refractivity contribution in [2.45, 2.75) is 0 Å². The van der Waals surface area contributed by atoms with Crippen LogP contribution < -0.4 is 0 Å². The van der Waals surface area contributed by atoms with E-state index in [1.54, 1.807) is 0 Å². The van der Waals surface area contributed by atoms with Gasteiger partial charge in [0.25, 0.3) is 0 Å². The van der Waals surface area contributed by atoms with Crippen molar-refractivity contribution in [3.05, 3.63) is 97.2 Å². The van der Waals surface area contributed by atoms with Crippen molar-refractivity contribution < 1.29 is 0 Å². The first-order chi connectivity index (χ1) is 13.4. The van der Waals surface area contributed by atoms with E-state index in [0.29, 0.717) is 0 Å². The summed E-state index contributed by atoms with van der Waals surface area (Å²) in [6, 6.07) is 30.3. The fourth-order valence-electron chi connectivity index (χ4n) is 3.21. The van der Waals surface area contributed by atoms with Gasteiger partial charge in [0.15, 0.2) is 5.82 Å². The number of hydrogen-bond acceptors (Lipinski definition) is 3. The Morgan fingerprint density at radius 1 is 0.667 bits per heavy atom. The number of aromatic nitrogens is 2. The molecule has 5 aromatic rings. The van der Waals surface area contributed by atoms with Gasteiger partial charge in [-0.25, -0.2) is 4.98 Å². The molecule has 0 spiro atoms. The van der Waals surface area contributed by atoms with Gasteiger partial charge in [0.05, 0.1) is 5.69 Å². The minimum absolute atomic E-state index is 0.727. The fourth-order valence-corrected chi connectivity index (χ4v) is 3.21. The van der Waals surface area contributed by atoms with Gasteiger partial charge in [-0.05, 0) is 41.1 Å². The molecular formula is C23H16N4. The number of benzene rings is 3. The normalized spacial score (nSPS) is 11.6. The van der Waals surface area contributed by atoms with Gasteiger partial charge < -0.3 is 0 Å². The molecule has 0 bridgehead atoms. The molecule has 0 aliphatic rings. The third kappa shape index (κ3) is 2.87. The number of fused-ring (bicyclic) bond motifs is 2. The molecule has 0 aliphatic carbocycles. The molecule has 0 atom stereocenters. The summed E-state index contributed by atoms with van der Waals surface area (Å²) in [6.45, 7) is 0. The van der Waals surface area contributed by atoms with Gasteiger partial charge in [0.1, 0.15) is 11.3 Å². The Morgan fingerprint density at radius 3 is 2.33 bits per heavy atom. The minimum Gasteiger partial charge on any atom is -0.283 e. The Bertz CT molecular complexity index is 1270. The molecule has 0 fully saturated rings. The van der Waals surface area contributed by atoms with Gasteiger partial charge >= 0.3 is 0 Å². The summed E-state index contributed by atoms with van der Waals surface area (Å²) in [5.41, 5.74) is 3.52. The molecule has 0 N–H and O–H groups in total. The van der Waals surface area contributed by atoms with Gasteiger partial charge in [0.2, 0.25) is 0 Å². The summed E-state index contributed by atoms with van der Waals surface area (Å²) < 4.78 is 1.97. The van der Waals surface area contributed by atoms with Crippen molar-refractivity contribution in [3.8, 4) is 11.3 Å². The van der Waals surface area contributed by atoms with E-state index in [9.17, 15) is 0 Å². The van der Waals surface area contributed by atoms with Crippen LogP contribution in [0.3, 0.4) is 0 Å². The lowest BCUT2D eigenvalue weighted by molar-refractivity contribution is 1.11. The largest absolute Gasteiger partial charge is 0.283 e. The van der Waals surface area contributed by atoms with Gasteiger partial charge in [-0.1, -0.05) is 60.7 Å². The van der Waals surface area contributed by atoms with Crippen LogP contribution in [0.5, 0.6) is 0 Å². The Morgan fingerprint density at radius 2 is 1.44 bits per heavy atom. The molecule has 4 nitrogen and oxygen atoms in total. The van der Waals surface area contributed by atoms with Gasteiger partial charge in [-0.2, -0.15) is 0 Å². The van der Waals surface area contributed by atoms with E-state index in [1.165, 1.54) is 10.8 Å². The quantitative estimate of drug-likeness (QED) is 0.340. The number of imidazole rings is 1. The Balaban J connectivity index is 1.70. The Hall–Kier alpha value is -3.79. The summed E-state index contributed by atoms with van der Waals surface area (Å²) >= 11 is 0. The molecule has 27 heavy (non-hydrogen) atoms. The van der Waals surface area contributed by atoms with E-state index in [4.69, 9.17) is 4.98 Å². The second kappa shape index (κ2) is 6.50. The molecule has 0 saturated carbocycles. The van der Waals surface area contributed by atoms with Crippen molar-refractivity contribution in [2.75, 3.05) is 0 Å². The Kier molecular flexibility index (Phi) is 3.72. The standard InChI is InChI=1S/C23H16N4/c1-2-10-20(11-3-1)25-26-23-22(24-21-12-6-7-15-27(21)23)19-14-13-17-8-4-5-9-18(17)16-19/h1-16H. The highest BCUT2D eigenvalue weighted by Crippen LogP contribution is 2.33. The maximum absolute atomic E-state index is 4.81. The lowest BCUT2D eigenvalue weighted by atomic mass is 10.1. The lowest BCUT2D eigenvalue weighted by Crippen LogP contribution is -1.82. The van der Waals surface area contributed by atoms with E-state index in [0.717, 1.165) is 28.4 Å². The molecule has 2 heterocycles. The third-order valence-corrected chi connectivity index (χ3v) is 4.54. The van der Waals surface area contributed by atoms with Crippen molar-refractivity contribution in [1.82, 2.24) is 9.38 Å². The zero-order chi connectivity index (χ0) is 18.1. The second-order valence-corrected chi connectivity index (χ2v) is 6.31. The van der Waals surface area contributed by atoms with Gasteiger partial charge in [0, 0.05) is 11.8 Å². The molecule has 5 rings (SSSR count). The van der Waals surface area contributed by atoms with Crippen LogP contribution in [0.4, 0.5) is 11.5 Å². The van der Waals surface area contributed by atoms with Crippen molar-refractivity contribution in [2.24, 2.45) is 10.2 Å². The van der Waals surface area contributed by atoms with Crippen LogP contribution in [-0.4, -0.2) is 9.38 Å². The summed E-state index contributed by atoms with van der Waals surface area (Å²) in [7, 11) is 0. The van der Waals surface area contributed by atoms with E-state index in [1.807, 2.05) is 71.3 Å². The van der Waals surface area contributed by atoms with Gasteiger partial charge in [-0.15, -0.1) is 10.2 Å². The van der Waals surface area contributed by atoms with Crippen molar-refractivity contribution >= 4 is 27.9 Å². The van der Waals surface area contributed by atoms with Gasteiger partial charge in [-0.3, -0.25) is 4.40 Å². The van der Waals surface area contributed by atoms with Crippen LogP contribution in [0.15, 0.2) is 107 Å². The predicted octanol–water partition coefficient (Wildman–Crippen LogP) is 6.57. The van der Waals surface area contributed by atoms with E-state index in [-0.39, 0.29) is 0 Å². The number of nitrogens with zero attached hydrogens (tertiary/aromatic N) is 4. The average Bonchev–Trinajstić information content (AvgIpc) is 3.11. The average molecular weight is 348 g/mol. The number of hydrogen-bond donors (Lipinski definition) is 0. The minimum atomic E-state index is 0.727. The molecule has 3 aromatic carbocycles. The van der Waals surface area contributed by atoms with Crippen LogP contribution in [0, 0.1) is 0 Å². The van der Waals surface area contributed by atoms with Crippen molar-refractivity contribution in [1.29, 1.82) is 0 Å².